The molecule has 0 atom stereocenters. The van der Waals surface area contributed by atoms with Crippen LogP contribution in [0.4, 0.5) is 34.4 Å². The summed E-state index contributed by atoms with van der Waals surface area (Å²) in [6.07, 6.45) is 2.89. The Hall–Kier alpha value is -9.99. The fourth-order valence-corrected chi connectivity index (χ4v) is 14.0. The lowest BCUT2D eigenvalue weighted by molar-refractivity contribution is -0.117. The second-order valence-corrected chi connectivity index (χ2v) is 26.3. The molecular formula is C77H76N12O5S2. The number of piperazine rings is 2. The Labute approximate surface area is 566 Å². The van der Waals surface area contributed by atoms with E-state index in [1.807, 2.05) is 173 Å². The van der Waals surface area contributed by atoms with E-state index in [-0.39, 0.29) is 42.5 Å². The van der Waals surface area contributed by atoms with Gasteiger partial charge >= 0.3 is 0 Å². The molecule has 3 saturated heterocycles. The van der Waals surface area contributed by atoms with Crippen molar-refractivity contribution in [2.24, 2.45) is 0 Å². The molecule has 8 N–H and O–H groups in total. The number of nitrogen functional groups attached to an aromatic ring is 3. The van der Waals surface area contributed by atoms with Crippen molar-refractivity contribution in [3.63, 3.8) is 0 Å². The molecule has 0 radical (unpaired) electrons. The molecule has 8 heterocycles. The maximum atomic E-state index is 13.1. The van der Waals surface area contributed by atoms with Gasteiger partial charge < -0.3 is 47.3 Å². The number of aromatic nitrogens is 3. The highest BCUT2D eigenvalue weighted by atomic mass is 32.1. The summed E-state index contributed by atoms with van der Waals surface area (Å²) in [6, 6.07) is 56.9. The number of carbonyl (C=O) groups is 4. The standard InChI is InChI=1S/C28H29N3O3.C25H24N4OS.C24H23N5OS/c29-25-8-6-21(20-4-2-1-3-5-20)16-23(25)18-27(32)22-7-9-26-24(17-22)19-28(33)31(26)11-10-30-12-14-34-15-13-30;26-21-6-3-19(24-2-1-13-31-24)15-20(21)16-23(30)18-4-7-22-17(14-18)5-8-25(28-22)29-11-9-27-10-12-29;25-19-5-3-17(23-2-1-11-31-23)12-18(19)14-22(30)16-4-6-20-21(13-16)27-15-24(28-20)29-9-7-26-8-10-29/h1-9,16-17H,10-15,18-19,29H2;1-8,13-15,27H,9-12,16,26H2;1-6,11-13,15,26H,7-10,14,25H2. The highest BCUT2D eigenvalue weighted by Gasteiger charge is 2.29. The van der Waals surface area contributed by atoms with Crippen LogP contribution in [-0.4, -0.2) is 135 Å². The number of nitrogens with two attached hydrogens (primary N) is 3. The second kappa shape index (κ2) is 30.2. The molecule has 11 aromatic rings. The smallest absolute Gasteiger partial charge is 0.231 e. The number of nitrogens with one attached hydrogen (secondary N) is 2. The number of ether oxygens (including phenoxy) is 1. The van der Waals surface area contributed by atoms with Gasteiger partial charge in [-0.15, -0.1) is 22.7 Å². The van der Waals surface area contributed by atoms with Gasteiger partial charge in [0.2, 0.25) is 5.91 Å². The lowest BCUT2D eigenvalue weighted by Gasteiger charge is -2.28. The molecule has 4 aliphatic heterocycles. The van der Waals surface area contributed by atoms with Crippen LogP contribution in [0.15, 0.2) is 193 Å². The van der Waals surface area contributed by atoms with Crippen LogP contribution in [0.2, 0.25) is 0 Å². The molecule has 19 heteroatoms. The predicted molar refractivity (Wildman–Crippen MR) is 390 cm³/mol. The molecule has 4 aromatic heterocycles. The van der Waals surface area contributed by atoms with Gasteiger partial charge in [0.25, 0.3) is 0 Å². The van der Waals surface area contributed by atoms with Crippen LogP contribution in [0.5, 0.6) is 0 Å². The largest absolute Gasteiger partial charge is 0.398 e. The van der Waals surface area contributed by atoms with E-state index < -0.39 is 0 Å². The van der Waals surface area contributed by atoms with Crippen LogP contribution in [0.3, 0.4) is 0 Å². The van der Waals surface area contributed by atoms with E-state index in [4.69, 9.17) is 31.9 Å². The number of Topliss-reactive ketones (excluding diaryl/α,β-unsaturated/α-hetero) is 3. The summed E-state index contributed by atoms with van der Waals surface area (Å²) < 4.78 is 5.40. The van der Waals surface area contributed by atoms with E-state index in [2.05, 4.69) is 48.5 Å². The Bertz CT molecular complexity index is 4390. The number of amides is 1. The molecule has 486 valence electrons. The maximum Gasteiger partial charge on any atom is 0.231 e. The number of anilines is 6. The first-order chi connectivity index (χ1) is 46.9. The second-order valence-electron chi connectivity index (χ2n) is 24.4. The fourth-order valence-electron chi connectivity index (χ4n) is 12.6. The molecule has 0 unspecified atom stereocenters. The topological polar surface area (TPSA) is 231 Å². The summed E-state index contributed by atoms with van der Waals surface area (Å²) in [5.41, 5.74) is 33.5. The third-order valence-corrected chi connectivity index (χ3v) is 19.8. The lowest BCUT2D eigenvalue weighted by Crippen LogP contribution is -2.43. The van der Waals surface area contributed by atoms with Gasteiger partial charge in [0.1, 0.15) is 11.6 Å². The molecular weight excluding hydrogens is 1240 g/mol. The van der Waals surface area contributed by atoms with Crippen molar-refractivity contribution >= 4 is 102 Å². The van der Waals surface area contributed by atoms with E-state index in [0.29, 0.717) is 46.7 Å². The van der Waals surface area contributed by atoms with E-state index >= 15 is 0 Å². The first kappa shape index (κ1) is 64.7. The molecule has 0 saturated carbocycles. The SMILES string of the molecule is Nc1ccc(-c2ccccc2)cc1CC(=O)c1ccc2c(c1)CC(=O)N2CCN1CCOCC1.Nc1ccc(-c2cccs2)cc1CC(=O)c1ccc2nc(N3CCNCC3)ccc2c1.Nc1ccc(-c2cccs2)cc1CC(=O)c1ccc2nc(N3CCNCC3)cnc2c1. The third kappa shape index (κ3) is 15.5. The molecule has 3 fully saturated rings. The number of nitrogens with zero attached hydrogens (tertiary/aromatic N) is 7. The third-order valence-electron chi connectivity index (χ3n) is 18.0. The number of morpholine rings is 1. The van der Waals surface area contributed by atoms with Crippen molar-refractivity contribution < 1.29 is 23.9 Å². The van der Waals surface area contributed by atoms with E-state index in [1.165, 1.54) is 4.88 Å². The summed E-state index contributed by atoms with van der Waals surface area (Å²) >= 11 is 3.35. The van der Waals surface area contributed by atoms with Crippen molar-refractivity contribution in [2.45, 2.75) is 25.7 Å². The van der Waals surface area contributed by atoms with Crippen LogP contribution >= 0.6 is 22.7 Å². The zero-order chi connectivity index (χ0) is 65.9. The summed E-state index contributed by atoms with van der Waals surface area (Å²) in [6.45, 7) is 12.4. The monoisotopic (exact) mass is 1310 g/mol. The maximum absolute atomic E-state index is 13.1. The molecule has 0 bridgehead atoms. The Kier molecular flexibility index (Phi) is 20.3. The number of ketones is 3. The Morgan fingerprint density at radius 2 is 1.01 bits per heavy atom. The van der Waals surface area contributed by atoms with Gasteiger partial charge in [-0.3, -0.25) is 29.1 Å². The van der Waals surface area contributed by atoms with Crippen molar-refractivity contribution in [3.8, 4) is 32.0 Å². The van der Waals surface area contributed by atoms with Gasteiger partial charge in [0.15, 0.2) is 17.3 Å². The summed E-state index contributed by atoms with van der Waals surface area (Å²) in [5.74, 6) is 2.04. The van der Waals surface area contributed by atoms with Gasteiger partial charge in [-0.25, -0.2) is 9.97 Å². The Balaban J connectivity index is 0.000000130. The summed E-state index contributed by atoms with van der Waals surface area (Å²) in [5, 5.41) is 11.8. The van der Waals surface area contributed by atoms with Crippen LogP contribution in [-0.2, 0) is 35.2 Å². The minimum absolute atomic E-state index is 0.000993. The quantitative estimate of drug-likeness (QED) is 0.0421. The van der Waals surface area contributed by atoms with Crippen LogP contribution in [0.1, 0.15) is 53.3 Å². The normalized spacial score (nSPS) is 14.8. The Morgan fingerprint density at radius 1 is 0.479 bits per heavy atom. The number of pyridine rings is 1. The molecule has 1 amide bonds. The van der Waals surface area contributed by atoms with Gasteiger partial charge in [0, 0.05) is 152 Å². The lowest BCUT2D eigenvalue weighted by atomic mass is 9.96. The molecule has 4 aliphatic rings. The minimum Gasteiger partial charge on any atom is -0.398 e. The number of thiophene rings is 2. The average molecular weight is 1310 g/mol. The van der Waals surface area contributed by atoms with Crippen molar-refractivity contribution in [1.82, 2.24) is 30.5 Å². The summed E-state index contributed by atoms with van der Waals surface area (Å²) in [7, 11) is 0. The molecule has 15 rings (SSSR count). The number of fused-ring (bicyclic) bond motifs is 3. The van der Waals surface area contributed by atoms with Crippen molar-refractivity contribution in [1.29, 1.82) is 0 Å². The van der Waals surface area contributed by atoms with Crippen molar-refractivity contribution in [3.05, 3.63) is 232 Å². The van der Waals surface area contributed by atoms with Crippen LogP contribution in [0, 0.1) is 0 Å². The molecule has 96 heavy (non-hydrogen) atoms. The van der Waals surface area contributed by atoms with E-state index in [1.54, 1.807) is 28.9 Å². The number of hydrogen-bond donors (Lipinski definition) is 5. The van der Waals surface area contributed by atoms with Crippen LogP contribution in [0.25, 0.3) is 53.9 Å². The number of carbonyl (C=O) groups excluding carboxylic acids is 4. The first-order valence-corrected chi connectivity index (χ1v) is 34.4. The predicted octanol–water partition coefficient (Wildman–Crippen LogP) is 11.7. The fraction of sp³-hybridized carbons (Fsp3) is 0.234. The number of hydrogen-bond acceptors (Lipinski definition) is 18. The van der Waals surface area contributed by atoms with Crippen molar-refractivity contribution in [2.75, 3.05) is 124 Å². The highest BCUT2D eigenvalue weighted by molar-refractivity contribution is 7.13. The average Bonchev–Trinajstić information content (AvgIpc) is 1.55. The first-order valence-electron chi connectivity index (χ1n) is 32.6. The zero-order valence-corrected chi connectivity index (χ0v) is 55.1. The highest BCUT2D eigenvalue weighted by Crippen LogP contribution is 2.34. The number of rotatable bonds is 17. The molecule has 0 spiro atoms. The number of benzene rings is 7. The zero-order valence-electron chi connectivity index (χ0n) is 53.4. The minimum atomic E-state index is -0.000993. The van der Waals surface area contributed by atoms with E-state index in [0.717, 1.165) is 174 Å². The van der Waals surface area contributed by atoms with E-state index in [9.17, 15) is 19.2 Å². The van der Waals surface area contributed by atoms with Gasteiger partial charge in [-0.2, -0.15) is 0 Å². The van der Waals surface area contributed by atoms with Crippen LogP contribution < -0.4 is 42.5 Å². The molecule has 7 aromatic carbocycles. The summed E-state index contributed by atoms with van der Waals surface area (Å²) in [4.78, 5) is 77.0. The molecule has 0 aliphatic carbocycles. The van der Waals surface area contributed by atoms with Gasteiger partial charge in [-0.1, -0.05) is 60.7 Å². The van der Waals surface area contributed by atoms with Gasteiger partial charge in [0.05, 0.1) is 42.4 Å². The molecule has 17 nitrogen and oxygen atoms in total. The van der Waals surface area contributed by atoms with Gasteiger partial charge in [-0.05, 0) is 171 Å². The Morgan fingerprint density at radius 3 is 1.60 bits per heavy atom.